The van der Waals surface area contributed by atoms with Gasteiger partial charge in [-0.15, -0.1) is 11.3 Å². The van der Waals surface area contributed by atoms with Gasteiger partial charge in [-0.1, -0.05) is 25.0 Å². The van der Waals surface area contributed by atoms with Gasteiger partial charge in [0.1, 0.15) is 0 Å². The molecule has 2 heterocycles. The molecule has 4 rings (SSSR count). The fourth-order valence-corrected chi connectivity index (χ4v) is 4.88. The number of anilines is 1. The normalized spacial score (nSPS) is 14.6. The van der Waals surface area contributed by atoms with E-state index in [0.717, 1.165) is 25.7 Å². The van der Waals surface area contributed by atoms with Gasteiger partial charge >= 0.3 is 5.97 Å². The van der Waals surface area contributed by atoms with Crippen LogP contribution in [0.3, 0.4) is 0 Å². The molecular weight excluding hydrogens is 440 g/mol. The van der Waals surface area contributed by atoms with Crippen LogP contribution in [-0.2, 0) is 9.53 Å². The van der Waals surface area contributed by atoms with Crippen molar-refractivity contribution in [2.75, 3.05) is 11.5 Å². The molecule has 1 saturated carbocycles. The molecule has 0 saturated heterocycles. The van der Waals surface area contributed by atoms with Crippen molar-refractivity contribution in [3.05, 3.63) is 76.4 Å². The Morgan fingerprint density at radius 1 is 1.15 bits per heavy atom. The number of benzene rings is 1. The van der Waals surface area contributed by atoms with Gasteiger partial charge in [-0.3, -0.25) is 14.5 Å². The number of rotatable bonds is 8. The van der Waals surface area contributed by atoms with Crippen molar-refractivity contribution >= 4 is 34.8 Å². The summed E-state index contributed by atoms with van der Waals surface area (Å²) in [6.45, 7) is 1.97. The molecule has 7 nitrogen and oxygen atoms in total. The minimum atomic E-state index is -0.916. The maximum Gasteiger partial charge on any atom is 0.338 e. The Bertz CT molecular complexity index is 1090. The lowest BCUT2D eigenvalue weighted by Gasteiger charge is -2.31. The van der Waals surface area contributed by atoms with Gasteiger partial charge in [0.05, 0.1) is 18.4 Å². The van der Waals surface area contributed by atoms with E-state index in [-0.39, 0.29) is 24.3 Å². The number of nitrogens with zero attached hydrogens (tertiary/aromatic N) is 1. The van der Waals surface area contributed by atoms with Gasteiger partial charge < -0.3 is 14.5 Å². The second-order valence-corrected chi connectivity index (χ2v) is 8.81. The van der Waals surface area contributed by atoms with Gasteiger partial charge in [-0.05, 0) is 61.5 Å². The maximum absolute atomic E-state index is 13.6. The molecule has 3 aromatic rings. The zero-order valence-corrected chi connectivity index (χ0v) is 19.2. The number of hydrogen-bond acceptors (Lipinski definition) is 6. The predicted molar refractivity (Wildman–Crippen MR) is 125 cm³/mol. The molecule has 1 N–H and O–H groups in total. The Kier molecular flexibility index (Phi) is 7.24. The van der Waals surface area contributed by atoms with Crippen molar-refractivity contribution in [3.8, 4) is 0 Å². The molecule has 0 radical (unpaired) electrons. The van der Waals surface area contributed by atoms with E-state index in [9.17, 15) is 14.4 Å². The summed E-state index contributed by atoms with van der Waals surface area (Å²) in [7, 11) is 0. The molecule has 1 aliphatic rings. The summed E-state index contributed by atoms with van der Waals surface area (Å²) in [5, 5.41) is 5.00. The van der Waals surface area contributed by atoms with Gasteiger partial charge in [-0.2, -0.15) is 0 Å². The smallest absolute Gasteiger partial charge is 0.338 e. The number of nitrogens with one attached hydrogen (secondary N) is 1. The van der Waals surface area contributed by atoms with E-state index in [2.05, 4.69) is 5.32 Å². The van der Waals surface area contributed by atoms with E-state index in [1.807, 2.05) is 17.5 Å². The van der Waals surface area contributed by atoms with E-state index >= 15 is 0 Å². The average molecular weight is 467 g/mol. The van der Waals surface area contributed by atoms with Crippen molar-refractivity contribution in [2.45, 2.75) is 44.7 Å². The molecule has 0 bridgehead atoms. The molecule has 2 aromatic heterocycles. The summed E-state index contributed by atoms with van der Waals surface area (Å²) < 4.78 is 10.5. The lowest BCUT2D eigenvalue weighted by molar-refractivity contribution is -0.123. The number of esters is 1. The Balaban J connectivity index is 1.78. The summed E-state index contributed by atoms with van der Waals surface area (Å²) in [4.78, 5) is 41.7. The van der Waals surface area contributed by atoms with Gasteiger partial charge in [0.2, 0.25) is 5.91 Å². The van der Waals surface area contributed by atoms with Crippen LogP contribution >= 0.6 is 11.3 Å². The average Bonchev–Trinajstić information content (AvgIpc) is 3.61. The number of thiophene rings is 1. The summed E-state index contributed by atoms with van der Waals surface area (Å²) in [5.41, 5.74) is 0.703. The molecule has 0 aliphatic heterocycles. The molecule has 33 heavy (non-hydrogen) atoms. The molecule has 1 aliphatic carbocycles. The van der Waals surface area contributed by atoms with Gasteiger partial charge in [0.15, 0.2) is 11.8 Å². The molecule has 1 fully saturated rings. The Hall–Kier alpha value is -3.39. The van der Waals surface area contributed by atoms with Crippen molar-refractivity contribution in [1.29, 1.82) is 0 Å². The number of hydrogen-bond donors (Lipinski definition) is 1. The molecule has 8 heteroatoms. The Morgan fingerprint density at radius 3 is 2.64 bits per heavy atom. The molecule has 1 atom stereocenters. The van der Waals surface area contributed by atoms with Gasteiger partial charge in [0.25, 0.3) is 5.91 Å². The van der Waals surface area contributed by atoms with Crippen LogP contribution in [0.2, 0.25) is 0 Å². The second kappa shape index (κ2) is 10.5. The first-order chi connectivity index (χ1) is 16.1. The summed E-state index contributed by atoms with van der Waals surface area (Å²) in [6, 6.07) is 12.6. The summed E-state index contributed by atoms with van der Waals surface area (Å²) in [6.07, 6.45) is 5.41. The number of furan rings is 1. The second-order valence-electron chi connectivity index (χ2n) is 7.83. The Labute approximate surface area is 196 Å². The topological polar surface area (TPSA) is 88.8 Å². The van der Waals surface area contributed by atoms with Crippen LogP contribution in [0.25, 0.3) is 0 Å². The molecule has 0 spiro atoms. The molecule has 2 amide bonds. The third kappa shape index (κ3) is 5.17. The number of carbonyl (C=O) groups is 3. The van der Waals surface area contributed by atoms with Crippen molar-refractivity contribution in [3.63, 3.8) is 0 Å². The van der Waals surface area contributed by atoms with Crippen LogP contribution in [-0.4, -0.2) is 30.4 Å². The molecular formula is C25H26N2O5S. The third-order valence-electron chi connectivity index (χ3n) is 5.61. The monoisotopic (exact) mass is 466 g/mol. The van der Waals surface area contributed by atoms with E-state index < -0.39 is 17.9 Å². The number of carbonyl (C=O) groups excluding carboxylic acids is 3. The van der Waals surface area contributed by atoms with Gasteiger partial charge in [0, 0.05) is 16.6 Å². The van der Waals surface area contributed by atoms with Crippen LogP contribution in [0.15, 0.2) is 64.6 Å². The zero-order valence-electron chi connectivity index (χ0n) is 18.4. The maximum atomic E-state index is 13.6. The van der Waals surface area contributed by atoms with Crippen LogP contribution in [0.4, 0.5) is 5.69 Å². The lowest BCUT2D eigenvalue weighted by Crippen LogP contribution is -2.46. The fourth-order valence-electron chi connectivity index (χ4n) is 4.07. The molecule has 1 aromatic carbocycles. The van der Waals surface area contributed by atoms with E-state index in [4.69, 9.17) is 9.15 Å². The minimum absolute atomic E-state index is 0.0893. The highest BCUT2D eigenvalue weighted by molar-refractivity contribution is 7.10. The van der Waals surface area contributed by atoms with E-state index in [1.54, 1.807) is 43.3 Å². The van der Waals surface area contributed by atoms with E-state index in [0.29, 0.717) is 16.1 Å². The van der Waals surface area contributed by atoms with Crippen molar-refractivity contribution in [2.24, 2.45) is 0 Å². The first kappa shape index (κ1) is 22.8. The third-order valence-corrected chi connectivity index (χ3v) is 6.53. The van der Waals surface area contributed by atoms with Gasteiger partial charge in [-0.25, -0.2) is 4.79 Å². The summed E-state index contributed by atoms with van der Waals surface area (Å²) >= 11 is 1.40. The van der Waals surface area contributed by atoms with E-state index in [1.165, 1.54) is 22.5 Å². The largest absolute Gasteiger partial charge is 0.462 e. The lowest BCUT2D eigenvalue weighted by atomic mass is 10.1. The number of ether oxygens (including phenoxy) is 1. The van der Waals surface area contributed by atoms with Crippen molar-refractivity contribution in [1.82, 2.24) is 5.32 Å². The van der Waals surface area contributed by atoms with Crippen LogP contribution < -0.4 is 10.2 Å². The first-order valence-electron chi connectivity index (χ1n) is 11.1. The molecule has 172 valence electrons. The molecule has 0 unspecified atom stereocenters. The SMILES string of the molecule is CCOC(=O)c1cccc(N(C(=O)c2ccco2)[C@@H](C(=O)NC2CCCC2)c2cccs2)c1. The van der Waals surface area contributed by atoms with Crippen molar-refractivity contribution < 1.29 is 23.5 Å². The quantitative estimate of drug-likeness (QED) is 0.474. The first-order valence-corrected chi connectivity index (χ1v) is 11.9. The minimum Gasteiger partial charge on any atom is -0.462 e. The highest BCUT2D eigenvalue weighted by Crippen LogP contribution is 2.33. The van der Waals surface area contributed by atoms with Crippen LogP contribution in [0.5, 0.6) is 0 Å². The Morgan fingerprint density at radius 2 is 1.97 bits per heavy atom. The highest BCUT2D eigenvalue weighted by Gasteiger charge is 2.36. The zero-order chi connectivity index (χ0) is 23.2. The summed E-state index contributed by atoms with van der Waals surface area (Å²) in [5.74, 6) is -1.12. The number of amides is 2. The van der Waals surface area contributed by atoms with Crippen LogP contribution in [0, 0.1) is 0 Å². The van der Waals surface area contributed by atoms with Crippen LogP contribution in [0.1, 0.15) is 64.4 Å². The standard InChI is InChI=1S/C25H26N2O5S/c1-2-31-25(30)17-8-5-11-19(16-17)27(24(29)20-12-6-14-32-20)22(21-13-7-15-33-21)23(28)26-18-9-3-4-10-18/h5-8,11-16,18,22H,2-4,9-10H2,1H3,(H,26,28)/t22-/m1/s1. The fraction of sp³-hybridized carbons (Fsp3) is 0.320. The highest BCUT2D eigenvalue weighted by atomic mass is 32.1. The predicted octanol–water partition coefficient (Wildman–Crippen LogP) is 4.96.